The number of nitrogens with zero attached hydrogens (tertiary/aromatic N) is 1. The van der Waals surface area contributed by atoms with Gasteiger partial charge in [-0.25, -0.2) is 0 Å². The molecule has 1 heterocycles. The largest absolute Gasteiger partial charge is 0.497 e. The number of carboxylic acids is 1. The number of nitrogens with one attached hydrogen (secondary N) is 1. The predicted molar refractivity (Wildman–Crippen MR) is 134 cm³/mol. The van der Waals surface area contributed by atoms with Crippen molar-refractivity contribution in [2.75, 3.05) is 33.3 Å². The molecular formula is C29H38N2O3. The van der Waals surface area contributed by atoms with E-state index in [0.717, 1.165) is 63.9 Å². The molecule has 2 saturated carbocycles. The van der Waals surface area contributed by atoms with E-state index in [1.165, 1.54) is 17.5 Å². The van der Waals surface area contributed by atoms with Crippen LogP contribution in [0.5, 0.6) is 5.75 Å². The summed E-state index contributed by atoms with van der Waals surface area (Å²) >= 11 is 0. The molecule has 5 rings (SSSR count). The number of carbonyl (C=O) groups is 1. The standard InChI is InChI=1S/C29H38N2O3/c1-34-24-10-8-22(9-11-24)19-28(20-30-26-18-25(26)23-6-3-2-4-7-23)14-16-31(17-15-28)21-29(27(32)33)12-5-13-29/h2-4,6-11,25-26,30H,5,12-21H2,1H3,(H,32,33)/t25-,26+/m0/s1. The summed E-state index contributed by atoms with van der Waals surface area (Å²) in [7, 11) is 1.71. The first kappa shape index (κ1) is 23.4. The van der Waals surface area contributed by atoms with Crippen molar-refractivity contribution in [1.29, 1.82) is 0 Å². The molecule has 3 aliphatic rings. The second kappa shape index (κ2) is 9.71. The van der Waals surface area contributed by atoms with Crippen molar-refractivity contribution < 1.29 is 14.6 Å². The van der Waals surface area contributed by atoms with E-state index in [0.29, 0.717) is 18.5 Å². The molecule has 0 amide bonds. The molecule has 2 aromatic carbocycles. The van der Waals surface area contributed by atoms with Gasteiger partial charge in [-0.1, -0.05) is 48.9 Å². The first-order valence-corrected chi connectivity index (χ1v) is 12.9. The van der Waals surface area contributed by atoms with Gasteiger partial charge in [-0.15, -0.1) is 0 Å². The van der Waals surface area contributed by atoms with Crippen LogP contribution in [0.15, 0.2) is 54.6 Å². The number of hydrogen-bond acceptors (Lipinski definition) is 4. The van der Waals surface area contributed by atoms with Crippen LogP contribution in [0.1, 0.15) is 55.6 Å². The average Bonchev–Trinajstić information content (AvgIpc) is 3.62. The van der Waals surface area contributed by atoms with Crippen LogP contribution in [0.3, 0.4) is 0 Å². The van der Waals surface area contributed by atoms with E-state index in [-0.39, 0.29) is 5.41 Å². The maximum absolute atomic E-state index is 11.9. The van der Waals surface area contributed by atoms with Crippen LogP contribution in [0.2, 0.25) is 0 Å². The third-order valence-corrected chi connectivity index (χ3v) is 8.70. The van der Waals surface area contributed by atoms with Crippen molar-refractivity contribution in [2.45, 2.75) is 56.9 Å². The molecule has 2 N–H and O–H groups in total. The van der Waals surface area contributed by atoms with Crippen LogP contribution in [-0.2, 0) is 11.2 Å². The summed E-state index contributed by atoms with van der Waals surface area (Å²) in [6.07, 6.45) is 7.19. The zero-order valence-electron chi connectivity index (χ0n) is 20.3. The van der Waals surface area contributed by atoms with Crippen LogP contribution in [0, 0.1) is 10.8 Å². The quantitative estimate of drug-likeness (QED) is 0.535. The predicted octanol–water partition coefficient (Wildman–Crippen LogP) is 4.72. The molecule has 0 bridgehead atoms. The van der Waals surface area contributed by atoms with Gasteiger partial charge in [0, 0.05) is 25.0 Å². The number of ether oxygens (including phenoxy) is 1. The topological polar surface area (TPSA) is 61.8 Å². The number of rotatable bonds is 10. The third-order valence-electron chi connectivity index (χ3n) is 8.70. The van der Waals surface area contributed by atoms with Crippen LogP contribution in [0.4, 0.5) is 0 Å². The number of benzene rings is 2. The Balaban J connectivity index is 1.23. The SMILES string of the molecule is COc1ccc(CC2(CN[C@@H]3C[C@H]3c3ccccc3)CCN(CC3(C(=O)O)CCC3)CC2)cc1. The zero-order chi connectivity index (χ0) is 23.6. The molecule has 34 heavy (non-hydrogen) atoms. The fourth-order valence-corrected chi connectivity index (χ4v) is 6.09. The summed E-state index contributed by atoms with van der Waals surface area (Å²) in [5.74, 6) is 0.929. The molecule has 2 aromatic rings. The Morgan fingerprint density at radius 1 is 1.06 bits per heavy atom. The molecule has 2 aliphatic carbocycles. The lowest BCUT2D eigenvalue weighted by atomic mass is 9.67. The summed E-state index contributed by atoms with van der Waals surface area (Å²) in [6.45, 7) is 3.71. The fourth-order valence-electron chi connectivity index (χ4n) is 6.09. The highest BCUT2D eigenvalue weighted by Gasteiger charge is 2.47. The van der Waals surface area contributed by atoms with Gasteiger partial charge in [0.1, 0.15) is 5.75 Å². The monoisotopic (exact) mass is 462 g/mol. The van der Waals surface area contributed by atoms with E-state index >= 15 is 0 Å². The van der Waals surface area contributed by atoms with Gasteiger partial charge >= 0.3 is 5.97 Å². The van der Waals surface area contributed by atoms with Crippen molar-refractivity contribution in [3.63, 3.8) is 0 Å². The van der Waals surface area contributed by atoms with E-state index in [1.807, 2.05) is 0 Å². The van der Waals surface area contributed by atoms with Crippen LogP contribution < -0.4 is 10.1 Å². The number of hydrogen-bond donors (Lipinski definition) is 2. The molecule has 1 aliphatic heterocycles. The van der Waals surface area contributed by atoms with Crippen molar-refractivity contribution >= 4 is 5.97 Å². The van der Waals surface area contributed by atoms with E-state index < -0.39 is 11.4 Å². The fraction of sp³-hybridized carbons (Fsp3) is 0.552. The highest BCUT2D eigenvalue weighted by atomic mass is 16.5. The molecule has 5 heteroatoms. The lowest BCUT2D eigenvalue weighted by Gasteiger charge is -2.47. The minimum atomic E-state index is -0.601. The van der Waals surface area contributed by atoms with E-state index in [9.17, 15) is 9.90 Å². The molecule has 0 radical (unpaired) electrons. The molecule has 0 spiro atoms. The maximum Gasteiger partial charge on any atom is 0.310 e. The maximum atomic E-state index is 11.9. The summed E-state index contributed by atoms with van der Waals surface area (Å²) in [6, 6.07) is 19.9. The summed E-state index contributed by atoms with van der Waals surface area (Å²) in [5, 5.41) is 13.7. The zero-order valence-corrected chi connectivity index (χ0v) is 20.3. The van der Waals surface area contributed by atoms with Gasteiger partial charge in [0.05, 0.1) is 12.5 Å². The lowest BCUT2D eigenvalue weighted by Crippen LogP contribution is -2.52. The summed E-state index contributed by atoms with van der Waals surface area (Å²) in [4.78, 5) is 14.3. The molecule has 3 fully saturated rings. The number of likely N-dealkylation sites (tertiary alicyclic amines) is 1. The highest BCUT2D eigenvalue weighted by molar-refractivity contribution is 5.76. The number of aliphatic carboxylic acids is 1. The average molecular weight is 463 g/mol. The summed E-state index contributed by atoms with van der Waals surface area (Å²) < 4.78 is 5.35. The molecule has 0 aromatic heterocycles. The molecule has 5 nitrogen and oxygen atoms in total. The number of piperidine rings is 1. The molecular weight excluding hydrogens is 424 g/mol. The first-order valence-electron chi connectivity index (χ1n) is 12.9. The molecule has 182 valence electrons. The summed E-state index contributed by atoms with van der Waals surface area (Å²) in [5.41, 5.74) is 2.50. The van der Waals surface area contributed by atoms with Gasteiger partial charge in [-0.05, 0) is 80.3 Å². The van der Waals surface area contributed by atoms with Gasteiger partial charge in [-0.3, -0.25) is 4.79 Å². The second-order valence-electron chi connectivity index (χ2n) is 11.0. The van der Waals surface area contributed by atoms with E-state index in [1.54, 1.807) is 7.11 Å². The second-order valence-corrected chi connectivity index (χ2v) is 11.0. The Kier molecular flexibility index (Phi) is 6.67. The van der Waals surface area contributed by atoms with Crippen molar-refractivity contribution in [1.82, 2.24) is 10.2 Å². The van der Waals surface area contributed by atoms with Crippen LogP contribution in [-0.4, -0.2) is 55.3 Å². The van der Waals surface area contributed by atoms with Crippen LogP contribution in [0.25, 0.3) is 0 Å². The third kappa shape index (κ3) is 5.01. The minimum absolute atomic E-state index is 0.199. The van der Waals surface area contributed by atoms with Crippen molar-refractivity contribution in [3.8, 4) is 5.75 Å². The molecule has 1 saturated heterocycles. The smallest absolute Gasteiger partial charge is 0.310 e. The van der Waals surface area contributed by atoms with Gasteiger partial charge < -0.3 is 20.1 Å². The van der Waals surface area contributed by atoms with Crippen molar-refractivity contribution in [3.05, 3.63) is 65.7 Å². The van der Waals surface area contributed by atoms with Gasteiger partial charge in [0.2, 0.25) is 0 Å². The van der Waals surface area contributed by atoms with Gasteiger partial charge in [0.15, 0.2) is 0 Å². The first-order chi connectivity index (χ1) is 16.5. The Morgan fingerprint density at radius 2 is 1.76 bits per heavy atom. The van der Waals surface area contributed by atoms with Gasteiger partial charge in [-0.2, -0.15) is 0 Å². The molecule has 0 unspecified atom stereocenters. The number of carboxylic acid groups (broad SMARTS) is 1. The highest BCUT2D eigenvalue weighted by Crippen LogP contribution is 2.45. The Hall–Kier alpha value is -2.37. The Morgan fingerprint density at radius 3 is 2.35 bits per heavy atom. The Bertz CT molecular complexity index is 963. The number of methoxy groups -OCH3 is 1. The Labute approximate surface area is 203 Å². The van der Waals surface area contributed by atoms with Gasteiger partial charge in [0.25, 0.3) is 0 Å². The lowest BCUT2D eigenvalue weighted by molar-refractivity contribution is -0.156. The van der Waals surface area contributed by atoms with Crippen LogP contribution >= 0.6 is 0 Å². The van der Waals surface area contributed by atoms with Crippen molar-refractivity contribution in [2.24, 2.45) is 10.8 Å². The normalized spacial score (nSPS) is 25.3. The minimum Gasteiger partial charge on any atom is -0.497 e. The van der Waals surface area contributed by atoms with E-state index in [4.69, 9.17) is 4.74 Å². The van der Waals surface area contributed by atoms with E-state index in [2.05, 4.69) is 64.8 Å². The molecule has 2 atom stereocenters.